The van der Waals surface area contributed by atoms with Gasteiger partial charge in [0, 0.05) is 55.5 Å². The molecule has 6 heteroatoms. The number of nitrogens with zero attached hydrogens (tertiary/aromatic N) is 2. The average Bonchev–Trinajstić information content (AvgIpc) is 3.23. The van der Waals surface area contributed by atoms with Crippen molar-refractivity contribution in [1.82, 2.24) is 9.80 Å². The smallest absolute Gasteiger partial charge is 0.311 e. The Bertz CT molecular complexity index is 1180. The molecule has 2 aliphatic carbocycles. The number of allylic oxidation sites excluding steroid dienone is 1. The zero-order chi connectivity index (χ0) is 26.4. The monoisotopic (exact) mass is 534 g/mol. The number of piperazine rings is 1. The molecule has 4 aliphatic rings. The largest absolute Gasteiger partial charge is 0.461 e. The van der Waals surface area contributed by atoms with Gasteiger partial charge in [-0.15, -0.1) is 0 Å². The SMILES string of the molecule is CC1CCC=C2C[C@H]3OC(=O)C(CN4CCN(C(c5ccccc5)c5ccc(Cl)cc5)CC4)[C@H]3C(O)[C@@]21C. The highest BCUT2D eigenvalue weighted by molar-refractivity contribution is 6.30. The summed E-state index contributed by atoms with van der Waals surface area (Å²) in [6, 6.07) is 19.0. The normalized spacial score (nSPS) is 34.7. The van der Waals surface area contributed by atoms with E-state index >= 15 is 0 Å². The highest BCUT2D eigenvalue weighted by atomic mass is 35.5. The molecule has 2 aliphatic heterocycles. The summed E-state index contributed by atoms with van der Waals surface area (Å²) in [6.07, 6.45) is 4.47. The van der Waals surface area contributed by atoms with Gasteiger partial charge in [-0.2, -0.15) is 0 Å². The van der Waals surface area contributed by atoms with Gasteiger partial charge in [-0.25, -0.2) is 0 Å². The van der Waals surface area contributed by atoms with E-state index in [9.17, 15) is 9.90 Å². The fourth-order valence-electron chi connectivity index (χ4n) is 7.65. The minimum atomic E-state index is -0.548. The maximum atomic E-state index is 13.1. The molecule has 2 heterocycles. The van der Waals surface area contributed by atoms with Crippen LogP contribution in [0, 0.1) is 23.2 Å². The molecule has 1 N–H and O–H groups in total. The van der Waals surface area contributed by atoms with Crippen LogP contribution >= 0.6 is 11.6 Å². The molecule has 2 aromatic carbocycles. The molecule has 1 saturated carbocycles. The van der Waals surface area contributed by atoms with Crippen LogP contribution in [-0.4, -0.2) is 65.8 Å². The van der Waals surface area contributed by atoms with Crippen LogP contribution in [0.1, 0.15) is 50.3 Å². The number of rotatable bonds is 5. The first kappa shape index (κ1) is 26.1. The summed E-state index contributed by atoms with van der Waals surface area (Å²) < 4.78 is 5.92. The maximum Gasteiger partial charge on any atom is 0.311 e. The molecule has 202 valence electrons. The van der Waals surface area contributed by atoms with Gasteiger partial charge in [-0.3, -0.25) is 14.6 Å². The molecule has 6 rings (SSSR count). The summed E-state index contributed by atoms with van der Waals surface area (Å²) in [5.74, 6) is -0.119. The Kier molecular flexibility index (Phi) is 7.15. The molecule has 0 spiro atoms. The molecule has 0 radical (unpaired) electrons. The number of halogens is 1. The molecule has 0 bridgehead atoms. The molecule has 2 saturated heterocycles. The van der Waals surface area contributed by atoms with E-state index in [0.717, 1.165) is 50.5 Å². The van der Waals surface area contributed by atoms with Gasteiger partial charge in [0.1, 0.15) is 6.10 Å². The van der Waals surface area contributed by atoms with Gasteiger partial charge in [-0.05, 0) is 42.0 Å². The summed E-state index contributed by atoms with van der Waals surface area (Å²) in [6.45, 7) is 8.70. The zero-order valence-corrected chi connectivity index (χ0v) is 23.2. The standard InChI is InChI=1S/C32H39ClN2O3/c1-21-7-6-10-24-19-27-28(30(36)32(21,24)2)26(31(37)38-27)20-34-15-17-35(18-16-34)29(22-8-4-3-5-9-22)23-11-13-25(33)14-12-23/h3-5,8-14,21,26-30,36H,6-7,15-20H2,1-2H3/t21?,26?,27-,28-,29?,30?,32-/m1/s1. The summed E-state index contributed by atoms with van der Waals surface area (Å²) in [4.78, 5) is 18.1. The number of aliphatic hydroxyl groups is 1. The summed E-state index contributed by atoms with van der Waals surface area (Å²) in [7, 11) is 0. The van der Waals surface area contributed by atoms with E-state index in [1.165, 1.54) is 16.7 Å². The number of hydrogen-bond acceptors (Lipinski definition) is 5. The summed E-state index contributed by atoms with van der Waals surface area (Å²) in [5, 5.41) is 12.4. The Morgan fingerprint density at radius 2 is 1.74 bits per heavy atom. The first-order valence-corrected chi connectivity index (χ1v) is 14.6. The number of aliphatic hydroxyl groups excluding tert-OH is 1. The minimum Gasteiger partial charge on any atom is -0.461 e. The fourth-order valence-corrected chi connectivity index (χ4v) is 7.78. The van der Waals surface area contributed by atoms with Crippen LogP contribution in [0.3, 0.4) is 0 Å². The highest BCUT2D eigenvalue weighted by Gasteiger charge is 2.59. The van der Waals surface area contributed by atoms with Crippen LogP contribution in [-0.2, 0) is 9.53 Å². The molecule has 5 nitrogen and oxygen atoms in total. The number of esters is 1. The third kappa shape index (κ3) is 4.52. The predicted molar refractivity (Wildman–Crippen MR) is 150 cm³/mol. The Labute approximate surface area is 231 Å². The van der Waals surface area contributed by atoms with Crippen molar-refractivity contribution in [2.24, 2.45) is 23.2 Å². The van der Waals surface area contributed by atoms with Gasteiger partial charge in [0.05, 0.1) is 18.1 Å². The Morgan fingerprint density at radius 3 is 2.45 bits per heavy atom. The van der Waals surface area contributed by atoms with E-state index in [1.807, 2.05) is 12.1 Å². The van der Waals surface area contributed by atoms with E-state index in [-0.39, 0.29) is 35.4 Å². The van der Waals surface area contributed by atoms with Crippen molar-refractivity contribution in [3.8, 4) is 0 Å². The molecule has 0 amide bonds. The lowest BCUT2D eigenvalue weighted by Gasteiger charge is -2.52. The molecule has 2 aromatic rings. The summed E-state index contributed by atoms with van der Waals surface area (Å²) >= 11 is 6.19. The van der Waals surface area contributed by atoms with Crippen molar-refractivity contribution < 1.29 is 14.6 Å². The highest BCUT2D eigenvalue weighted by Crippen LogP contribution is 2.56. The maximum absolute atomic E-state index is 13.1. The molecule has 7 atom stereocenters. The third-order valence-corrected chi connectivity index (χ3v) is 10.4. The second kappa shape index (κ2) is 10.4. The van der Waals surface area contributed by atoms with Gasteiger partial charge in [0.2, 0.25) is 0 Å². The van der Waals surface area contributed by atoms with Crippen LogP contribution in [0.2, 0.25) is 5.02 Å². The quantitative estimate of drug-likeness (QED) is 0.415. The first-order valence-electron chi connectivity index (χ1n) is 14.2. The van der Waals surface area contributed by atoms with E-state index in [0.29, 0.717) is 12.5 Å². The second-order valence-electron chi connectivity index (χ2n) is 12.0. The van der Waals surface area contributed by atoms with Crippen molar-refractivity contribution >= 4 is 17.6 Å². The predicted octanol–water partition coefficient (Wildman–Crippen LogP) is 5.33. The topological polar surface area (TPSA) is 53.0 Å². The molecular weight excluding hydrogens is 496 g/mol. The van der Waals surface area contributed by atoms with E-state index in [1.54, 1.807) is 0 Å². The number of carbonyl (C=O) groups excluding carboxylic acids is 1. The van der Waals surface area contributed by atoms with Gasteiger partial charge >= 0.3 is 5.97 Å². The Balaban J connectivity index is 1.16. The van der Waals surface area contributed by atoms with Crippen molar-refractivity contribution in [2.75, 3.05) is 32.7 Å². The van der Waals surface area contributed by atoms with Crippen molar-refractivity contribution in [2.45, 2.75) is 51.4 Å². The minimum absolute atomic E-state index is 0.125. The van der Waals surface area contributed by atoms with Crippen molar-refractivity contribution in [1.29, 1.82) is 0 Å². The van der Waals surface area contributed by atoms with E-state index in [4.69, 9.17) is 16.3 Å². The molecular formula is C32H39ClN2O3. The molecule has 0 aromatic heterocycles. The first-order chi connectivity index (χ1) is 18.4. The fraction of sp³-hybridized carbons (Fsp3) is 0.531. The number of ether oxygens (including phenoxy) is 1. The van der Waals surface area contributed by atoms with Crippen LogP contribution in [0.4, 0.5) is 0 Å². The van der Waals surface area contributed by atoms with Gasteiger partial charge in [-0.1, -0.05) is 79.6 Å². The Morgan fingerprint density at radius 1 is 1.05 bits per heavy atom. The van der Waals surface area contributed by atoms with E-state index < -0.39 is 6.10 Å². The average molecular weight is 535 g/mol. The molecule has 4 unspecified atom stereocenters. The molecule has 3 fully saturated rings. The third-order valence-electron chi connectivity index (χ3n) is 10.1. The molecule has 38 heavy (non-hydrogen) atoms. The van der Waals surface area contributed by atoms with Crippen LogP contribution in [0.15, 0.2) is 66.2 Å². The van der Waals surface area contributed by atoms with Gasteiger partial charge in [0.25, 0.3) is 0 Å². The van der Waals surface area contributed by atoms with Crippen LogP contribution < -0.4 is 0 Å². The van der Waals surface area contributed by atoms with Gasteiger partial charge < -0.3 is 9.84 Å². The van der Waals surface area contributed by atoms with Crippen LogP contribution in [0.25, 0.3) is 0 Å². The van der Waals surface area contributed by atoms with Crippen molar-refractivity contribution in [3.63, 3.8) is 0 Å². The lowest BCUT2D eigenvalue weighted by molar-refractivity contribution is -0.145. The lowest BCUT2D eigenvalue weighted by atomic mass is 9.55. The lowest BCUT2D eigenvalue weighted by Crippen LogP contribution is -2.55. The Hall–Kier alpha value is -2.18. The van der Waals surface area contributed by atoms with Crippen LogP contribution in [0.5, 0.6) is 0 Å². The van der Waals surface area contributed by atoms with E-state index in [2.05, 4.69) is 72.2 Å². The summed E-state index contributed by atoms with van der Waals surface area (Å²) in [5.41, 5.74) is 3.54. The number of hydrogen-bond donors (Lipinski definition) is 1. The van der Waals surface area contributed by atoms with Crippen molar-refractivity contribution in [3.05, 3.63) is 82.4 Å². The number of benzene rings is 2. The van der Waals surface area contributed by atoms with Gasteiger partial charge in [0.15, 0.2) is 0 Å². The second-order valence-corrected chi connectivity index (χ2v) is 12.4. The number of fused-ring (bicyclic) bond motifs is 2. The zero-order valence-electron chi connectivity index (χ0n) is 22.4. The number of carbonyl (C=O) groups is 1.